The first-order valence-corrected chi connectivity index (χ1v) is 6.94. The average Bonchev–Trinajstić information content (AvgIpc) is 2.52. The van der Waals surface area contributed by atoms with Crippen LogP contribution in [0.3, 0.4) is 0 Å². The minimum absolute atomic E-state index is 0.0728. The molecule has 1 atom stereocenters. The molecule has 0 bridgehead atoms. The fraction of sp³-hybridized carbons (Fsp3) is 0.500. The van der Waals surface area contributed by atoms with Crippen LogP contribution in [0.5, 0.6) is 0 Å². The van der Waals surface area contributed by atoms with E-state index in [0.717, 1.165) is 19.4 Å². The first-order valence-electron chi connectivity index (χ1n) is 6.94. The highest BCUT2D eigenvalue weighted by Gasteiger charge is 2.24. The van der Waals surface area contributed by atoms with Gasteiger partial charge in [-0.3, -0.25) is 14.9 Å². The second-order valence-corrected chi connectivity index (χ2v) is 5.00. The van der Waals surface area contributed by atoms with E-state index >= 15 is 0 Å². The van der Waals surface area contributed by atoms with Gasteiger partial charge in [-0.15, -0.1) is 0 Å². The highest BCUT2D eigenvalue weighted by Crippen LogP contribution is 2.28. The summed E-state index contributed by atoms with van der Waals surface area (Å²) >= 11 is 0. The molecule has 0 aromatic heterocycles. The summed E-state index contributed by atoms with van der Waals surface area (Å²) in [4.78, 5) is 22.8. The number of rotatable bonds is 5. The lowest BCUT2D eigenvalue weighted by Crippen LogP contribution is -2.33. The van der Waals surface area contributed by atoms with Crippen molar-refractivity contribution < 1.29 is 14.5 Å². The SMILES string of the molecule is CNc1cccc(C(=O)NCC2CCCOC2)c1[N+](=O)[O-]. The molecule has 1 aromatic carbocycles. The molecule has 1 fully saturated rings. The normalized spacial score (nSPS) is 18.0. The number of benzene rings is 1. The summed E-state index contributed by atoms with van der Waals surface area (Å²) in [6.45, 7) is 1.86. The van der Waals surface area contributed by atoms with E-state index in [-0.39, 0.29) is 17.2 Å². The fourth-order valence-corrected chi connectivity index (χ4v) is 2.43. The van der Waals surface area contributed by atoms with Gasteiger partial charge in [-0.05, 0) is 30.9 Å². The third kappa shape index (κ3) is 3.69. The van der Waals surface area contributed by atoms with Gasteiger partial charge in [-0.1, -0.05) is 6.07 Å². The monoisotopic (exact) mass is 293 g/mol. The number of carbonyl (C=O) groups is 1. The van der Waals surface area contributed by atoms with Gasteiger partial charge in [0.25, 0.3) is 5.91 Å². The van der Waals surface area contributed by atoms with Crippen LogP contribution < -0.4 is 10.6 Å². The Hall–Kier alpha value is -2.15. The van der Waals surface area contributed by atoms with Crippen LogP contribution in [0.1, 0.15) is 23.2 Å². The molecule has 0 spiro atoms. The maximum atomic E-state index is 12.2. The third-order valence-corrected chi connectivity index (χ3v) is 3.54. The molecule has 1 heterocycles. The van der Waals surface area contributed by atoms with Gasteiger partial charge in [0.2, 0.25) is 0 Å². The lowest BCUT2D eigenvalue weighted by molar-refractivity contribution is -0.384. The largest absolute Gasteiger partial charge is 0.383 e. The number of hydrogen-bond donors (Lipinski definition) is 2. The zero-order chi connectivity index (χ0) is 15.2. The molecule has 21 heavy (non-hydrogen) atoms. The van der Waals surface area contributed by atoms with E-state index in [0.29, 0.717) is 18.8 Å². The number of anilines is 1. The van der Waals surface area contributed by atoms with Crippen LogP contribution in [-0.4, -0.2) is 37.6 Å². The molecule has 0 saturated carbocycles. The summed E-state index contributed by atoms with van der Waals surface area (Å²) in [6, 6.07) is 4.66. The second-order valence-electron chi connectivity index (χ2n) is 5.00. The summed E-state index contributed by atoms with van der Waals surface area (Å²) in [5, 5.41) is 16.7. The third-order valence-electron chi connectivity index (χ3n) is 3.54. The van der Waals surface area contributed by atoms with E-state index in [2.05, 4.69) is 10.6 Å². The van der Waals surface area contributed by atoms with E-state index in [9.17, 15) is 14.9 Å². The molecule has 1 saturated heterocycles. The molecule has 7 heteroatoms. The number of amides is 1. The Morgan fingerprint density at radius 2 is 2.33 bits per heavy atom. The molecule has 2 N–H and O–H groups in total. The summed E-state index contributed by atoms with van der Waals surface area (Å²) in [6.07, 6.45) is 1.98. The van der Waals surface area contributed by atoms with Crippen LogP contribution in [0.25, 0.3) is 0 Å². The minimum atomic E-state index is -0.537. The number of carbonyl (C=O) groups excluding carboxylic acids is 1. The predicted octanol–water partition coefficient (Wildman–Crippen LogP) is 1.79. The molecular weight excluding hydrogens is 274 g/mol. The van der Waals surface area contributed by atoms with Gasteiger partial charge in [0.05, 0.1) is 11.5 Å². The van der Waals surface area contributed by atoms with Gasteiger partial charge >= 0.3 is 5.69 Å². The zero-order valence-corrected chi connectivity index (χ0v) is 11.9. The Morgan fingerprint density at radius 1 is 1.52 bits per heavy atom. The molecule has 1 aliphatic rings. The first kappa shape index (κ1) is 15.2. The van der Waals surface area contributed by atoms with Crippen LogP contribution in [-0.2, 0) is 4.74 Å². The first-order chi connectivity index (χ1) is 10.1. The standard InChI is InChI=1S/C14H19N3O4/c1-15-12-6-2-5-11(13(12)17(19)20)14(18)16-8-10-4-3-7-21-9-10/h2,5-6,10,15H,3-4,7-9H2,1H3,(H,16,18). The summed E-state index contributed by atoms with van der Waals surface area (Å²) in [7, 11) is 1.59. The number of nitrogens with zero attached hydrogens (tertiary/aromatic N) is 1. The van der Waals surface area contributed by atoms with E-state index in [4.69, 9.17) is 4.74 Å². The van der Waals surface area contributed by atoms with Crippen molar-refractivity contribution in [3.8, 4) is 0 Å². The van der Waals surface area contributed by atoms with Crippen molar-refractivity contribution in [2.45, 2.75) is 12.8 Å². The fourth-order valence-electron chi connectivity index (χ4n) is 2.43. The summed E-state index contributed by atoms with van der Waals surface area (Å²) in [5.74, 6) is -0.154. The Kier molecular flexibility index (Phi) is 5.10. The average molecular weight is 293 g/mol. The molecular formula is C14H19N3O4. The summed E-state index contributed by atoms with van der Waals surface area (Å²) < 4.78 is 5.35. The number of hydrogen-bond acceptors (Lipinski definition) is 5. The van der Waals surface area contributed by atoms with Gasteiger partial charge in [0, 0.05) is 20.2 Å². The number of para-hydroxylation sites is 1. The van der Waals surface area contributed by atoms with E-state index in [1.54, 1.807) is 19.2 Å². The molecule has 1 aromatic rings. The number of ether oxygens (including phenoxy) is 1. The van der Waals surface area contributed by atoms with E-state index < -0.39 is 10.8 Å². The van der Waals surface area contributed by atoms with Gasteiger partial charge in [0.1, 0.15) is 11.3 Å². The van der Waals surface area contributed by atoms with Gasteiger partial charge in [-0.25, -0.2) is 0 Å². The minimum Gasteiger partial charge on any atom is -0.383 e. The van der Waals surface area contributed by atoms with Crippen molar-refractivity contribution >= 4 is 17.3 Å². The van der Waals surface area contributed by atoms with Crippen LogP contribution in [0, 0.1) is 16.0 Å². The van der Waals surface area contributed by atoms with Crippen molar-refractivity contribution in [3.05, 3.63) is 33.9 Å². The Balaban J connectivity index is 2.09. The zero-order valence-electron chi connectivity index (χ0n) is 11.9. The highest BCUT2D eigenvalue weighted by molar-refractivity contribution is 6.00. The van der Waals surface area contributed by atoms with Crippen molar-refractivity contribution in [2.75, 3.05) is 32.1 Å². The predicted molar refractivity (Wildman–Crippen MR) is 78.5 cm³/mol. The lowest BCUT2D eigenvalue weighted by Gasteiger charge is -2.22. The number of nitro benzene ring substituents is 1. The van der Waals surface area contributed by atoms with Crippen LogP contribution in [0.2, 0.25) is 0 Å². The number of nitrogens with one attached hydrogen (secondary N) is 2. The van der Waals surface area contributed by atoms with Crippen molar-refractivity contribution in [2.24, 2.45) is 5.92 Å². The Bertz CT molecular complexity index is 527. The maximum absolute atomic E-state index is 12.2. The topological polar surface area (TPSA) is 93.5 Å². The second kappa shape index (κ2) is 7.03. The number of nitro groups is 1. The van der Waals surface area contributed by atoms with Crippen molar-refractivity contribution in [1.82, 2.24) is 5.32 Å². The quantitative estimate of drug-likeness (QED) is 0.637. The highest BCUT2D eigenvalue weighted by atomic mass is 16.6. The molecule has 0 radical (unpaired) electrons. The van der Waals surface area contributed by atoms with Gasteiger partial charge in [0.15, 0.2) is 0 Å². The van der Waals surface area contributed by atoms with Gasteiger partial charge in [-0.2, -0.15) is 0 Å². The van der Waals surface area contributed by atoms with Crippen LogP contribution in [0.15, 0.2) is 18.2 Å². The van der Waals surface area contributed by atoms with Crippen LogP contribution >= 0.6 is 0 Å². The molecule has 0 aliphatic carbocycles. The van der Waals surface area contributed by atoms with Crippen molar-refractivity contribution in [1.29, 1.82) is 0 Å². The molecule has 1 unspecified atom stereocenters. The maximum Gasteiger partial charge on any atom is 0.305 e. The molecule has 2 rings (SSSR count). The van der Waals surface area contributed by atoms with E-state index in [1.165, 1.54) is 6.07 Å². The lowest BCUT2D eigenvalue weighted by atomic mass is 10.0. The van der Waals surface area contributed by atoms with Crippen molar-refractivity contribution in [3.63, 3.8) is 0 Å². The van der Waals surface area contributed by atoms with Gasteiger partial charge < -0.3 is 15.4 Å². The Labute approximate surface area is 122 Å². The molecule has 114 valence electrons. The van der Waals surface area contributed by atoms with Crippen LogP contribution in [0.4, 0.5) is 11.4 Å². The van der Waals surface area contributed by atoms with E-state index in [1.807, 2.05) is 0 Å². The molecule has 7 nitrogen and oxygen atoms in total. The molecule has 1 amide bonds. The smallest absolute Gasteiger partial charge is 0.305 e. The Morgan fingerprint density at radius 3 is 2.95 bits per heavy atom. The summed E-state index contributed by atoms with van der Waals surface area (Å²) in [5.41, 5.74) is 0.203. The molecule has 1 aliphatic heterocycles.